The lowest BCUT2D eigenvalue weighted by Crippen LogP contribution is -2.29. The zero-order valence-electron chi connectivity index (χ0n) is 21.8. The lowest BCUT2D eigenvalue weighted by Gasteiger charge is -2.19. The van der Waals surface area contributed by atoms with E-state index in [4.69, 9.17) is 9.47 Å². The number of nitrogens with zero attached hydrogens (tertiary/aromatic N) is 2. The molecule has 0 spiro atoms. The van der Waals surface area contributed by atoms with Crippen LogP contribution in [-0.4, -0.2) is 43.8 Å². The topological polar surface area (TPSA) is 79.7 Å². The van der Waals surface area contributed by atoms with Crippen molar-refractivity contribution in [3.8, 4) is 17.5 Å². The van der Waals surface area contributed by atoms with Crippen LogP contribution in [-0.2, 0) is 27.1 Å². The molecule has 0 unspecified atom stereocenters. The molecular weight excluding hydrogens is 525 g/mol. The smallest absolute Gasteiger partial charge is 0.425 e. The first-order valence-electron chi connectivity index (χ1n) is 11.8. The molecule has 0 atom stereocenters. The van der Waals surface area contributed by atoms with Crippen LogP contribution in [0.5, 0.6) is 17.5 Å². The molecular formula is C25H33F3N2O5SSi. The molecule has 0 aliphatic rings. The third-order valence-electron chi connectivity index (χ3n) is 5.53. The summed E-state index contributed by atoms with van der Waals surface area (Å²) < 4.78 is 79.8. The number of fused-ring (bicyclic) bond motifs is 1. The summed E-state index contributed by atoms with van der Waals surface area (Å²) in [6, 6.07) is 11.3. The van der Waals surface area contributed by atoms with E-state index in [1.165, 1.54) is 18.2 Å². The minimum atomic E-state index is -4.83. The molecule has 0 amide bonds. The second-order valence-electron chi connectivity index (χ2n) is 11.0. The van der Waals surface area contributed by atoms with Gasteiger partial charge in [-0.3, -0.25) is 4.57 Å². The van der Waals surface area contributed by atoms with E-state index in [9.17, 15) is 21.6 Å². The van der Waals surface area contributed by atoms with Gasteiger partial charge in [0.05, 0.1) is 21.5 Å². The van der Waals surface area contributed by atoms with Gasteiger partial charge in [-0.15, -0.1) is 13.2 Å². The molecule has 12 heteroatoms. The van der Waals surface area contributed by atoms with Crippen molar-refractivity contribution in [3.63, 3.8) is 0 Å². The Labute approximate surface area is 216 Å². The Morgan fingerprint density at radius 2 is 1.68 bits per heavy atom. The third kappa shape index (κ3) is 8.21. The average molecular weight is 559 g/mol. The van der Waals surface area contributed by atoms with E-state index in [1.807, 2.05) is 0 Å². The Kier molecular flexibility index (Phi) is 8.35. The molecule has 3 aromatic rings. The summed E-state index contributed by atoms with van der Waals surface area (Å²) in [7, 11) is -4.74. The van der Waals surface area contributed by atoms with Crippen molar-refractivity contribution in [1.82, 2.24) is 9.55 Å². The molecule has 37 heavy (non-hydrogen) atoms. The van der Waals surface area contributed by atoms with Gasteiger partial charge in [-0.1, -0.05) is 31.8 Å². The minimum absolute atomic E-state index is 0.0935. The molecule has 0 saturated heterocycles. The van der Waals surface area contributed by atoms with Crippen LogP contribution < -0.4 is 9.47 Å². The zero-order chi connectivity index (χ0) is 27.6. The van der Waals surface area contributed by atoms with Gasteiger partial charge in [0, 0.05) is 20.7 Å². The number of aromatic nitrogens is 2. The van der Waals surface area contributed by atoms with Gasteiger partial charge in [0.25, 0.3) is 0 Å². The fraction of sp³-hybridized carbons (Fsp3) is 0.480. The van der Waals surface area contributed by atoms with Crippen molar-refractivity contribution in [2.45, 2.75) is 70.0 Å². The van der Waals surface area contributed by atoms with E-state index >= 15 is 0 Å². The summed E-state index contributed by atoms with van der Waals surface area (Å²) in [5.74, 6) is -0.483. The molecule has 0 bridgehead atoms. The number of imidazole rings is 1. The van der Waals surface area contributed by atoms with Crippen LogP contribution in [0, 0.1) is 0 Å². The highest BCUT2D eigenvalue weighted by molar-refractivity contribution is 7.91. The van der Waals surface area contributed by atoms with Crippen LogP contribution in [0.4, 0.5) is 13.2 Å². The SMILES string of the molecule is CC(C)(C)S(=O)(=O)Cc1ccc2c(c1)nc(Oc1cccc(OC(F)(F)F)c1)n2COCC[Si](C)(C)C. The van der Waals surface area contributed by atoms with Crippen LogP contribution in [0.15, 0.2) is 42.5 Å². The summed E-state index contributed by atoms with van der Waals surface area (Å²) in [5.41, 5.74) is 1.69. The molecule has 0 fully saturated rings. The molecule has 0 aliphatic carbocycles. The lowest BCUT2D eigenvalue weighted by molar-refractivity contribution is -0.274. The second kappa shape index (κ2) is 10.7. The summed E-state index contributed by atoms with van der Waals surface area (Å²) in [6.07, 6.45) is -4.83. The van der Waals surface area contributed by atoms with Crippen molar-refractivity contribution in [1.29, 1.82) is 0 Å². The molecule has 3 rings (SSSR count). The Morgan fingerprint density at radius 1 is 1.00 bits per heavy atom. The number of benzene rings is 2. The molecule has 7 nitrogen and oxygen atoms in total. The number of rotatable bonds is 10. The van der Waals surface area contributed by atoms with E-state index in [-0.39, 0.29) is 24.2 Å². The normalized spacial score (nSPS) is 13.2. The highest BCUT2D eigenvalue weighted by atomic mass is 32.2. The monoisotopic (exact) mass is 558 g/mol. The molecule has 2 aromatic carbocycles. The van der Waals surface area contributed by atoms with E-state index in [2.05, 4.69) is 29.4 Å². The van der Waals surface area contributed by atoms with Gasteiger partial charge in [-0.2, -0.15) is 4.98 Å². The summed E-state index contributed by atoms with van der Waals surface area (Å²) in [6.45, 7) is 12.3. The van der Waals surface area contributed by atoms with Gasteiger partial charge in [-0.25, -0.2) is 8.42 Å². The third-order valence-corrected chi connectivity index (χ3v) is 9.82. The molecule has 0 N–H and O–H groups in total. The number of hydrogen-bond acceptors (Lipinski definition) is 6. The van der Waals surface area contributed by atoms with Gasteiger partial charge < -0.3 is 14.2 Å². The predicted molar refractivity (Wildman–Crippen MR) is 139 cm³/mol. The number of halogens is 3. The largest absolute Gasteiger partial charge is 0.573 e. The predicted octanol–water partition coefficient (Wildman–Crippen LogP) is 6.75. The fourth-order valence-electron chi connectivity index (χ4n) is 3.26. The summed E-state index contributed by atoms with van der Waals surface area (Å²) in [5, 5.41) is 0. The van der Waals surface area contributed by atoms with Gasteiger partial charge >= 0.3 is 12.4 Å². The van der Waals surface area contributed by atoms with Crippen molar-refractivity contribution >= 4 is 28.9 Å². The number of alkyl halides is 3. The zero-order valence-corrected chi connectivity index (χ0v) is 23.7. The quantitative estimate of drug-likeness (QED) is 0.202. The summed E-state index contributed by atoms with van der Waals surface area (Å²) in [4.78, 5) is 4.50. The number of ether oxygens (including phenoxy) is 3. The van der Waals surface area contributed by atoms with Gasteiger partial charge in [0.15, 0.2) is 9.84 Å². The maximum absolute atomic E-state index is 12.7. The van der Waals surface area contributed by atoms with Crippen LogP contribution in [0.3, 0.4) is 0 Å². The first kappa shape index (κ1) is 29.0. The fourth-order valence-corrected chi connectivity index (χ4v) is 5.06. The first-order chi connectivity index (χ1) is 16.9. The number of hydrogen-bond donors (Lipinski definition) is 0. The van der Waals surface area contributed by atoms with Crippen molar-refractivity contribution < 1.29 is 35.8 Å². The standard InChI is InChI=1S/C25H33F3N2O5SSi/c1-24(2,3)36(31,32)16-18-10-11-22-21(14-18)29-23(30(22)17-33-12-13-37(4,5)6)34-19-8-7-9-20(15-19)35-25(26,27)28/h7-11,14-15H,12-13,16-17H2,1-6H3. The average Bonchev–Trinajstić information content (AvgIpc) is 3.04. The number of sulfone groups is 1. The highest BCUT2D eigenvalue weighted by Crippen LogP contribution is 2.31. The molecule has 1 heterocycles. The Bertz CT molecular complexity index is 1340. The van der Waals surface area contributed by atoms with Gasteiger partial charge in [-0.05, 0) is 56.6 Å². The van der Waals surface area contributed by atoms with E-state index in [1.54, 1.807) is 43.5 Å². The van der Waals surface area contributed by atoms with E-state index < -0.39 is 34.8 Å². The summed E-state index contributed by atoms with van der Waals surface area (Å²) >= 11 is 0. The van der Waals surface area contributed by atoms with Gasteiger partial charge in [0.2, 0.25) is 0 Å². The first-order valence-corrected chi connectivity index (χ1v) is 17.1. The Hall–Kier alpha value is -2.57. The maximum atomic E-state index is 12.7. The van der Waals surface area contributed by atoms with Crippen LogP contribution in [0.2, 0.25) is 25.7 Å². The van der Waals surface area contributed by atoms with Gasteiger partial charge in [0.1, 0.15) is 18.2 Å². The van der Waals surface area contributed by atoms with Crippen LogP contribution >= 0.6 is 0 Å². The minimum Gasteiger partial charge on any atom is -0.425 e. The van der Waals surface area contributed by atoms with E-state index in [0.717, 1.165) is 12.1 Å². The highest BCUT2D eigenvalue weighted by Gasteiger charge is 2.31. The Morgan fingerprint density at radius 3 is 2.30 bits per heavy atom. The maximum Gasteiger partial charge on any atom is 0.573 e. The van der Waals surface area contributed by atoms with Crippen molar-refractivity contribution in [2.24, 2.45) is 0 Å². The van der Waals surface area contributed by atoms with Crippen LogP contribution in [0.1, 0.15) is 26.3 Å². The Balaban J connectivity index is 1.94. The molecule has 0 saturated carbocycles. The second-order valence-corrected chi connectivity index (χ2v) is 19.4. The molecule has 1 aromatic heterocycles. The van der Waals surface area contributed by atoms with Crippen molar-refractivity contribution in [2.75, 3.05) is 6.61 Å². The molecule has 0 radical (unpaired) electrons. The molecule has 0 aliphatic heterocycles. The van der Waals surface area contributed by atoms with E-state index in [0.29, 0.717) is 23.2 Å². The van der Waals surface area contributed by atoms with Crippen molar-refractivity contribution in [3.05, 3.63) is 48.0 Å². The lowest BCUT2D eigenvalue weighted by atomic mass is 10.2. The molecule has 204 valence electrons. The van der Waals surface area contributed by atoms with Crippen LogP contribution in [0.25, 0.3) is 11.0 Å².